The molecule has 154 valence electrons. The third-order valence-corrected chi connectivity index (χ3v) is 4.66. The first kappa shape index (κ1) is 22.9. The monoisotopic (exact) mass is 504 g/mol. The summed E-state index contributed by atoms with van der Waals surface area (Å²) in [6.45, 7) is 7.59. The number of benzene rings is 1. The number of aryl methyl sites for hydroxylation is 3. The SMILES string of the molecule is CCc1ccccc1CNC(=NC)NCc1ccc(-n2nc(C)cc2C)nc1.I. The zero-order valence-electron chi connectivity index (χ0n) is 17.4. The number of rotatable bonds is 6. The fourth-order valence-corrected chi connectivity index (χ4v) is 3.17. The molecule has 0 aliphatic rings. The smallest absolute Gasteiger partial charge is 0.191 e. The van der Waals surface area contributed by atoms with Crippen molar-refractivity contribution in [2.45, 2.75) is 40.3 Å². The predicted molar refractivity (Wildman–Crippen MR) is 129 cm³/mol. The fraction of sp³-hybridized carbons (Fsp3) is 0.318. The Balaban J connectivity index is 0.00000300. The molecule has 0 radical (unpaired) electrons. The van der Waals surface area contributed by atoms with Crippen LogP contribution in [0.2, 0.25) is 0 Å². The minimum absolute atomic E-state index is 0. The van der Waals surface area contributed by atoms with E-state index in [4.69, 9.17) is 0 Å². The lowest BCUT2D eigenvalue weighted by Crippen LogP contribution is -2.36. The summed E-state index contributed by atoms with van der Waals surface area (Å²) in [7, 11) is 1.78. The van der Waals surface area contributed by atoms with E-state index >= 15 is 0 Å². The number of aliphatic imine (C=N–C) groups is 1. The molecule has 0 atom stereocenters. The molecule has 1 aromatic carbocycles. The maximum absolute atomic E-state index is 4.54. The van der Waals surface area contributed by atoms with E-state index in [0.29, 0.717) is 6.54 Å². The summed E-state index contributed by atoms with van der Waals surface area (Å²) in [4.78, 5) is 8.86. The van der Waals surface area contributed by atoms with Crippen LogP contribution in [0, 0.1) is 13.8 Å². The first-order valence-corrected chi connectivity index (χ1v) is 9.60. The highest BCUT2D eigenvalue weighted by molar-refractivity contribution is 14.0. The van der Waals surface area contributed by atoms with Gasteiger partial charge in [0.05, 0.1) is 5.69 Å². The Morgan fingerprint density at radius 1 is 1.03 bits per heavy atom. The first-order valence-electron chi connectivity index (χ1n) is 9.60. The van der Waals surface area contributed by atoms with Gasteiger partial charge in [-0.15, -0.1) is 24.0 Å². The topological polar surface area (TPSA) is 67.1 Å². The van der Waals surface area contributed by atoms with E-state index in [0.717, 1.165) is 41.7 Å². The van der Waals surface area contributed by atoms with Gasteiger partial charge >= 0.3 is 0 Å². The van der Waals surface area contributed by atoms with Crippen molar-refractivity contribution >= 4 is 29.9 Å². The Hall–Kier alpha value is -2.42. The summed E-state index contributed by atoms with van der Waals surface area (Å²) in [6, 6.07) is 14.6. The normalized spacial score (nSPS) is 11.1. The number of pyridine rings is 1. The second kappa shape index (κ2) is 10.9. The molecule has 6 nitrogen and oxygen atoms in total. The first-order chi connectivity index (χ1) is 13.6. The van der Waals surface area contributed by atoms with Gasteiger partial charge in [-0.1, -0.05) is 37.3 Å². The Morgan fingerprint density at radius 2 is 1.76 bits per heavy atom. The highest BCUT2D eigenvalue weighted by atomic mass is 127. The standard InChI is InChI=1S/C22H28N6.HI/c1-5-19-8-6-7-9-20(19)15-26-22(23-4)25-14-18-10-11-21(24-13-18)28-17(3)12-16(2)27-28;/h6-13H,5,14-15H2,1-4H3,(H2,23,25,26);1H. The molecule has 0 amide bonds. The van der Waals surface area contributed by atoms with Gasteiger partial charge in [0.2, 0.25) is 0 Å². The molecule has 0 spiro atoms. The average Bonchev–Trinajstić information content (AvgIpc) is 3.06. The number of hydrogen-bond donors (Lipinski definition) is 2. The van der Waals surface area contributed by atoms with Crippen LogP contribution < -0.4 is 10.6 Å². The van der Waals surface area contributed by atoms with Gasteiger partial charge in [0, 0.05) is 32.0 Å². The van der Waals surface area contributed by atoms with Crippen LogP contribution in [0.25, 0.3) is 5.82 Å². The van der Waals surface area contributed by atoms with Crippen LogP contribution in [0.4, 0.5) is 0 Å². The number of hydrogen-bond acceptors (Lipinski definition) is 3. The summed E-state index contributed by atoms with van der Waals surface area (Å²) < 4.78 is 1.86. The quantitative estimate of drug-likeness (QED) is 0.303. The van der Waals surface area contributed by atoms with Crippen molar-refractivity contribution < 1.29 is 0 Å². The second-order valence-corrected chi connectivity index (χ2v) is 6.77. The molecule has 0 saturated heterocycles. The Bertz CT molecular complexity index is 946. The van der Waals surface area contributed by atoms with E-state index in [9.17, 15) is 0 Å². The lowest BCUT2D eigenvalue weighted by atomic mass is 10.1. The molecule has 0 bridgehead atoms. The maximum Gasteiger partial charge on any atom is 0.191 e. The molecule has 3 rings (SSSR count). The summed E-state index contributed by atoms with van der Waals surface area (Å²) >= 11 is 0. The number of aromatic nitrogens is 3. The molecule has 2 aromatic heterocycles. The second-order valence-electron chi connectivity index (χ2n) is 6.77. The molecule has 2 N–H and O–H groups in total. The highest BCUT2D eigenvalue weighted by Crippen LogP contribution is 2.11. The van der Waals surface area contributed by atoms with Crippen LogP contribution in [0.5, 0.6) is 0 Å². The van der Waals surface area contributed by atoms with Crippen LogP contribution in [-0.2, 0) is 19.5 Å². The Kier molecular flexibility index (Phi) is 8.63. The Morgan fingerprint density at radius 3 is 2.34 bits per heavy atom. The van der Waals surface area contributed by atoms with E-state index in [-0.39, 0.29) is 24.0 Å². The molecule has 3 aromatic rings. The van der Waals surface area contributed by atoms with Crippen LogP contribution in [-0.4, -0.2) is 27.8 Å². The fourth-order valence-electron chi connectivity index (χ4n) is 3.17. The lowest BCUT2D eigenvalue weighted by Gasteiger charge is -2.14. The van der Waals surface area contributed by atoms with Gasteiger partial charge in [-0.05, 0) is 49.1 Å². The molecule has 0 saturated carbocycles. The number of halogens is 1. The zero-order valence-corrected chi connectivity index (χ0v) is 19.8. The van der Waals surface area contributed by atoms with Crippen LogP contribution in [0.3, 0.4) is 0 Å². The molecule has 7 heteroatoms. The Labute approximate surface area is 189 Å². The van der Waals surface area contributed by atoms with Gasteiger partial charge in [0.1, 0.15) is 0 Å². The van der Waals surface area contributed by atoms with E-state index in [1.807, 2.05) is 36.9 Å². The molecule has 0 unspecified atom stereocenters. The van der Waals surface area contributed by atoms with Crippen molar-refractivity contribution in [1.82, 2.24) is 25.4 Å². The largest absolute Gasteiger partial charge is 0.352 e. The minimum Gasteiger partial charge on any atom is -0.352 e. The summed E-state index contributed by atoms with van der Waals surface area (Å²) in [6.07, 6.45) is 2.90. The molecule has 2 heterocycles. The zero-order chi connectivity index (χ0) is 19.9. The number of nitrogens with one attached hydrogen (secondary N) is 2. The van der Waals surface area contributed by atoms with E-state index < -0.39 is 0 Å². The molecule has 0 aliphatic carbocycles. The van der Waals surface area contributed by atoms with Gasteiger partial charge in [-0.2, -0.15) is 5.10 Å². The van der Waals surface area contributed by atoms with Crippen molar-refractivity contribution in [3.63, 3.8) is 0 Å². The average molecular weight is 504 g/mol. The number of nitrogens with zero attached hydrogens (tertiary/aromatic N) is 4. The number of guanidine groups is 1. The van der Waals surface area contributed by atoms with Gasteiger partial charge in [-0.3, -0.25) is 4.99 Å². The van der Waals surface area contributed by atoms with Gasteiger partial charge in [0.25, 0.3) is 0 Å². The maximum atomic E-state index is 4.54. The van der Waals surface area contributed by atoms with Crippen molar-refractivity contribution in [2.24, 2.45) is 4.99 Å². The molecule has 29 heavy (non-hydrogen) atoms. The molecular weight excluding hydrogens is 475 g/mol. The van der Waals surface area contributed by atoms with Gasteiger partial charge in [0.15, 0.2) is 11.8 Å². The highest BCUT2D eigenvalue weighted by Gasteiger charge is 2.06. The van der Waals surface area contributed by atoms with Crippen molar-refractivity contribution in [3.05, 3.63) is 76.7 Å². The van der Waals surface area contributed by atoms with Gasteiger partial charge in [-0.25, -0.2) is 9.67 Å². The van der Waals surface area contributed by atoms with E-state index in [2.05, 4.69) is 63.0 Å². The summed E-state index contributed by atoms with van der Waals surface area (Å²) in [5.41, 5.74) is 5.80. The third-order valence-electron chi connectivity index (χ3n) is 4.66. The van der Waals surface area contributed by atoms with Crippen LogP contribution in [0.1, 0.15) is 35.0 Å². The lowest BCUT2D eigenvalue weighted by molar-refractivity contribution is 0.787. The van der Waals surface area contributed by atoms with Crippen molar-refractivity contribution in [3.8, 4) is 5.82 Å². The summed E-state index contributed by atoms with van der Waals surface area (Å²) in [5, 5.41) is 11.2. The van der Waals surface area contributed by atoms with E-state index in [1.165, 1.54) is 11.1 Å². The molecular formula is C22H29IN6. The molecule has 0 aliphatic heterocycles. The third kappa shape index (κ3) is 6.03. The minimum atomic E-state index is 0. The van der Waals surface area contributed by atoms with Crippen LogP contribution >= 0.6 is 24.0 Å². The van der Waals surface area contributed by atoms with Crippen molar-refractivity contribution in [1.29, 1.82) is 0 Å². The summed E-state index contributed by atoms with van der Waals surface area (Å²) in [5.74, 6) is 1.60. The van der Waals surface area contributed by atoms with Gasteiger partial charge < -0.3 is 10.6 Å². The van der Waals surface area contributed by atoms with Crippen LogP contribution in [0.15, 0.2) is 53.7 Å². The predicted octanol–water partition coefficient (Wildman–Crippen LogP) is 3.93. The molecule has 0 fully saturated rings. The van der Waals surface area contributed by atoms with E-state index in [1.54, 1.807) is 7.05 Å². The van der Waals surface area contributed by atoms with Crippen molar-refractivity contribution in [2.75, 3.05) is 7.05 Å².